The van der Waals surface area contributed by atoms with Gasteiger partial charge in [0.2, 0.25) is 10.0 Å². The number of hydrogen-bond acceptors (Lipinski definition) is 6. The highest BCUT2D eigenvalue weighted by molar-refractivity contribution is 7.89. The van der Waals surface area contributed by atoms with Gasteiger partial charge in [0.15, 0.2) is 0 Å². The van der Waals surface area contributed by atoms with Gasteiger partial charge in [-0.15, -0.1) is 5.10 Å². The van der Waals surface area contributed by atoms with Crippen LogP contribution < -0.4 is 10.0 Å². The smallest absolute Gasteiger partial charge is 0.238 e. The van der Waals surface area contributed by atoms with Crippen molar-refractivity contribution in [2.75, 3.05) is 31.1 Å². The van der Waals surface area contributed by atoms with Crippen molar-refractivity contribution < 1.29 is 8.42 Å². The molecular weight excluding hydrogens is 412 g/mol. The zero-order valence-electron chi connectivity index (χ0n) is 17.6. The van der Waals surface area contributed by atoms with Crippen molar-refractivity contribution in [2.45, 2.75) is 30.8 Å². The topological polar surface area (TPSA) is 97.3 Å². The molecule has 4 rings (SSSR count). The first kappa shape index (κ1) is 21.5. The van der Waals surface area contributed by atoms with Crippen LogP contribution in [0.25, 0.3) is 0 Å². The normalized spacial score (nSPS) is 16.4. The highest BCUT2D eigenvalue weighted by Crippen LogP contribution is 2.24. The number of para-hydroxylation sites is 1. The zero-order chi connectivity index (χ0) is 21.8. The van der Waals surface area contributed by atoms with Crippen LogP contribution in [0.3, 0.4) is 0 Å². The number of rotatable bonds is 7. The average Bonchev–Trinajstić information content (AvgIpc) is 3.21. The molecule has 0 spiro atoms. The van der Waals surface area contributed by atoms with Crippen LogP contribution in [-0.2, 0) is 23.1 Å². The quantitative estimate of drug-likeness (QED) is 0.604. The van der Waals surface area contributed by atoms with Gasteiger partial charge >= 0.3 is 0 Å². The predicted molar refractivity (Wildman–Crippen MR) is 120 cm³/mol. The summed E-state index contributed by atoms with van der Waals surface area (Å²) in [5.41, 5.74) is 2.88. The van der Waals surface area contributed by atoms with Gasteiger partial charge < -0.3 is 4.90 Å². The van der Waals surface area contributed by atoms with Crippen molar-refractivity contribution in [1.29, 1.82) is 0 Å². The van der Waals surface area contributed by atoms with E-state index in [2.05, 4.69) is 44.4 Å². The maximum absolute atomic E-state index is 11.9. The lowest BCUT2D eigenvalue weighted by molar-refractivity contribution is 0.247. The molecule has 8 nitrogen and oxygen atoms in total. The van der Waals surface area contributed by atoms with E-state index in [1.807, 2.05) is 25.3 Å². The molecular formula is C22H28N6O2S. The van der Waals surface area contributed by atoms with E-state index in [9.17, 15) is 8.42 Å². The molecule has 164 valence electrons. The Morgan fingerprint density at radius 1 is 1.00 bits per heavy atom. The third-order valence-electron chi connectivity index (χ3n) is 5.68. The van der Waals surface area contributed by atoms with E-state index in [1.54, 1.807) is 22.9 Å². The van der Waals surface area contributed by atoms with E-state index in [1.165, 1.54) is 5.69 Å². The van der Waals surface area contributed by atoms with E-state index in [0.29, 0.717) is 12.1 Å². The monoisotopic (exact) mass is 440 g/mol. The van der Waals surface area contributed by atoms with Crippen LogP contribution in [0.1, 0.15) is 24.1 Å². The Labute approximate surface area is 183 Å². The number of primary sulfonamides is 1. The lowest BCUT2D eigenvalue weighted by Crippen LogP contribution is -2.46. The second-order valence-electron chi connectivity index (χ2n) is 8.01. The Balaban J connectivity index is 1.34. The molecule has 31 heavy (non-hydrogen) atoms. The van der Waals surface area contributed by atoms with Crippen LogP contribution in [-0.4, -0.2) is 54.5 Å². The van der Waals surface area contributed by atoms with Crippen LogP contribution in [0.5, 0.6) is 0 Å². The third kappa shape index (κ3) is 5.30. The predicted octanol–water partition coefficient (Wildman–Crippen LogP) is 2.05. The SMILES string of the molecule is C[C@H](Cn1cc(CN2CCN(c3ccccc3)CC2)nn1)c1ccccc1S(N)(=O)=O. The Morgan fingerprint density at radius 2 is 1.68 bits per heavy atom. The minimum atomic E-state index is -3.77. The van der Waals surface area contributed by atoms with Gasteiger partial charge in [-0.3, -0.25) is 9.58 Å². The zero-order valence-corrected chi connectivity index (χ0v) is 18.4. The summed E-state index contributed by atoms with van der Waals surface area (Å²) in [6.45, 7) is 7.17. The van der Waals surface area contributed by atoms with Crippen molar-refractivity contribution in [1.82, 2.24) is 19.9 Å². The Morgan fingerprint density at radius 3 is 2.39 bits per heavy atom. The van der Waals surface area contributed by atoms with Gasteiger partial charge in [-0.25, -0.2) is 13.6 Å². The molecule has 2 aromatic carbocycles. The summed E-state index contributed by atoms with van der Waals surface area (Å²) in [4.78, 5) is 4.95. The maximum atomic E-state index is 11.9. The molecule has 1 atom stereocenters. The van der Waals surface area contributed by atoms with Gasteiger partial charge in [-0.2, -0.15) is 0 Å². The fourth-order valence-corrected chi connectivity index (χ4v) is 4.92. The van der Waals surface area contributed by atoms with Crippen LogP contribution in [0, 0.1) is 0 Å². The standard InChI is InChI=1S/C22H28N6O2S/c1-18(21-9-5-6-10-22(21)31(23,29)30)15-28-17-19(24-25-28)16-26-11-13-27(14-12-26)20-7-3-2-4-8-20/h2-10,17-18H,11-16H2,1H3,(H2,23,29,30)/t18-/m1/s1. The van der Waals surface area contributed by atoms with Gasteiger partial charge in [-0.1, -0.05) is 48.5 Å². The summed E-state index contributed by atoms with van der Waals surface area (Å²) in [5, 5.41) is 13.9. The van der Waals surface area contributed by atoms with Crippen molar-refractivity contribution in [3.63, 3.8) is 0 Å². The van der Waals surface area contributed by atoms with Crippen LogP contribution >= 0.6 is 0 Å². The second kappa shape index (κ2) is 9.17. The number of piperazine rings is 1. The molecule has 1 fully saturated rings. The van der Waals surface area contributed by atoms with Crippen LogP contribution in [0.15, 0.2) is 65.7 Å². The number of aromatic nitrogens is 3. The molecule has 0 amide bonds. The minimum absolute atomic E-state index is 0.0708. The van der Waals surface area contributed by atoms with Crippen molar-refractivity contribution in [3.05, 3.63) is 72.1 Å². The molecule has 2 heterocycles. The van der Waals surface area contributed by atoms with Crippen molar-refractivity contribution in [3.8, 4) is 0 Å². The minimum Gasteiger partial charge on any atom is -0.369 e. The third-order valence-corrected chi connectivity index (χ3v) is 6.67. The average molecular weight is 441 g/mol. The lowest BCUT2D eigenvalue weighted by Gasteiger charge is -2.35. The first-order chi connectivity index (χ1) is 14.9. The van der Waals surface area contributed by atoms with Crippen LogP contribution in [0.4, 0.5) is 5.69 Å². The Kier molecular flexibility index (Phi) is 6.35. The first-order valence-electron chi connectivity index (χ1n) is 10.4. The van der Waals surface area contributed by atoms with Gasteiger partial charge in [0.25, 0.3) is 0 Å². The molecule has 1 aliphatic heterocycles. The fraction of sp³-hybridized carbons (Fsp3) is 0.364. The highest BCUT2D eigenvalue weighted by Gasteiger charge is 2.20. The van der Waals surface area contributed by atoms with E-state index < -0.39 is 10.0 Å². The van der Waals surface area contributed by atoms with Crippen LogP contribution in [0.2, 0.25) is 0 Å². The summed E-state index contributed by atoms with van der Waals surface area (Å²) < 4.78 is 25.5. The molecule has 1 aromatic heterocycles. The van der Waals surface area contributed by atoms with Gasteiger partial charge in [-0.05, 0) is 23.8 Å². The highest BCUT2D eigenvalue weighted by atomic mass is 32.2. The summed E-state index contributed by atoms with van der Waals surface area (Å²) in [6, 6.07) is 17.3. The molecule has 0 radical (unpaired) electrons. The molecule has 0 bridgehead atoms. The van der Waals surface area contributed by atoms with Gasteiger partial charge in [0.1, 0.15) is 0 Å². The number of hydrogen-bond donors (Lipinski definition) is 1. The molecule has 1 saturated heterocycles. The summed E-state index contributed by atoms with van der Waals surface area (Å²) >= 11 is 0. The molecule has 9 heteroatoms. The summed E-state index contributed by atoms with van der Waals surface area (Å²) in [7, 11) is -3.77. The first-order valence-corrected chi connectivity index (χ1v) is 12.0. The van der Waals surface area contributed by atoms with Crippen molar-refractivity contribution in [2.24, 2.45) is 5.14 Å². The lowest BCUT2D eigenvalue weighted by atomic mass is 10.0. The molecule has 0 saturated carbocycles. The molecule has 0 aliphatic carbocycles. The summed E-state index contributed by atoms with van der Waals surface area (Å²) in [5.74, 6) is -0.0708. The van der Waals surface area contributed by atoms with Crippen molar-refractivity contribution >= 4 is 15.7 Å². The molecule has 3 aromatic rings. The van der Waals surface area contributed by atoms with E-state index in [0.717, 1.165) is 38.4 Å². The Bertz CT molecular complexity index is 1110. The number of anilines is 1. The largest absolute Gasteiger partial charge is 0.369 e. The maximum Gasteiger partial charge on any atom is 0.238 e. The molecule has 0 unspecified atom stereocenters. The van der Waals surface area contributed by atoms with E-state index >= 15 is 0 Å². The number of sulfonamides is 1. The molecule has 1 aliphatic rings. The summed E-state index contributed by atoms with van der Waals surface area (Å²) in [6.07, 6.45) is 1.94. The number of nitrogens with zero attached hydrogens (tertiary/aromatic N) is 5. The second-order valence-corrected chi connectivity index (χ2v) is 9.54. The fourth-order valence-electron chi connectivity index (χ4n) is 4.06. The molecule has 2 N–H and O–H groups in total. The Hall–Kier alpha value is -2.75. The number of nitrogens with two attached hydrogens (primary N) is 1. The van der Waals surface area contributed by atoms with Gasteiger partial charge in [0.05, 0.1) is 10.6 Å². The van der Waals surface area contributed by atoms with E-state index in [-0.39, 0.29) is 10.8 Å². The van der Waals surface area contributed by atoms with E-state index in [4.69, 9.17) is 5.14 Å². The van der Waals surface area contributed by atoms with Gasteiger partial charge in [0, 0.05) is 57.1 Å². The number of benzene rings is 2.